The van der Waals surface area contributed by atoms with E-state index in [9.17, 15) is 0 Å². The van der Waals surface area contributed by atoms with Crippen molar-refractivity contribution in [1.29, 1.82) is 5.26 Å². The molecule has 0 aliphatic rings. The third-order valence-electron chi connectivity index (χ3n) is 1.81. The SMILES string of the molecule is Cc1cc(C#N)nc(Nc2nc(C)cs2)n1. The van der Waals surface area contributed by atoms with Gasteiger partial charge in [-0.25, -0.2) is 15.0 Å². The van der Waals surface area contributed by atoms with Crippen LogP contribution in [-0.2, 0) is 0 Å². The van der Waals surface area contributed by atoms with E-state index < -0.39 is 0 Å². The number of aromatic nitrogens is 3. The second-order valence-corrected chi connectivity index (χ2v) is 4.11. The van der Waals surface area contributed by atoms with Gasteiger partial charge in [-0.3, -0.25) is 5.32 Å². The number of rotatable bonds is 2. The summed E-state index contributed by atoms with van der Waals surface area (Å²) in [5.41, 5.74) is 2.05. The summed E-state index contributed by atoms with van der Waals surface area (Å²) in [5, 5.41) is 14.4. The molecule has 6 heteroatoms. The third kappa shape index (κ3) is 2.32. The van der Waals surface area contributed by atoms with Crippen molar-refractivity contribution >= 4 is 22.4 Å². The summed E-state index contributed by atoms with van der Waals surface area (Å²) >= 11 is 1.48. The van der Waals surface area contributed by atoms with Gasteiger partial charge in [0, 0.05) is 11.1 Å². The Hall–Kier alpha value is -2.00. The van der Waals surface area contributed by atoms with Crippen LogP contribution in [0.2, 0.25) is 0 Å². The molecule has 2 heterocycles. The Kier molecular flexibility index (Phi) is 2.79. The minimum absolute atomic E-state index is 0.350. The average molecular weight is 231 g/mol. The molecular weight excluding hydrogens is 222 g/mol. The van der Waals surface area contributed by atoms with Crippen LogP contribution in [0.15, 0.2) is 11.4 Å². The van der Waals surface area contributed by atoms with Crippen molar-refractivity contribution in [3.8, 4) is 6.07 Å². The lowest BCUT2D eigenvalue weighted by atomic mass is 10.3. The highest BCUT2D eigenvalue weighted by atomic mass is 32.1. The van der Waals surface area contributed by atoms with Gasteiger partial charge in [-0.1, -0.05) is 0 Å². The minimum Gasteiger partial charge on any atom is -0.300 e. The molecule has 2 aromatic heterocycles. The molecule has 0 saturated carbocycles. The fraction of sp³-hybridized carbons (Fsp3) is 0.200. The summed E-state index contributed by atoms with van der Waals surface area (Å²) in [4.78, 5) is 12.5. The maximum atomic E-state index is 8.78. The summed E-state index contributed by atoms with van der Waals surface area (Å²) < 4.78 is 0. The molecule has 16 heavy (non-hydrogen) atoms. The van der Waals surface area contributed by atoms with Gasteiger partial charge in [0.05, 0.1) is 5.69 Å². The highest BCUT2D eigenvalue weighted by Gasteiger charge is 2.04. The molecule has 0 aromatic carbocycles. The number of hydrogen-bond donors (Lipinski definition) is 1. The topological polar surface area (TPSA) is 74.5 Å². The fourth-order valence-electron chi connectivity index (χ4n) is 1.19. The molecule has 0 bridgehead atoms. The van der Waals surface area contributed by atoms with E-state index in [4.69, 9.17) is 5.26 Å². The summed E-state index contributed by atoms with van der Waals surface area (Å²) in [6.45, 7) is 3.74. The van der Waals surface area contributed by atoms with Crippen molar-refractivity contribution in [3.63, 3.8) is 0 Å². The first-order valence-electron chi connectivity index (χ1n) is 4.62. The van der Waals surface area contributed by atoms with Crippen molar-refractivity contribution in [3.05, 3.63) is 28.5 Å². The van der Waals surface area contributed by atoms with Crippen LogP contribution in [0, 0.1) is 25.2 Å². The van der Waals surface area contributed by atoms with E-state index in [0.29, 0.717) is 11.6 Å². The highest BCUT2D eigenvalue weighted by Crippen LogP contribution is 2.18. The molecule has 0 atom stereocenters. The lowest BCUT2D eigenvalue weighted by Crippen LogP contribution is -2.00. The summed E-state index contributed by atoms with van der Waals surface area (Å²) in [6.07, 6.45) is 0. The predicted octanol–water partition coefficient (Wildman–Crippen LogP) is 2.17. The molecule has 0 saturated heterocycles. The van der Waals surface area contributed by atoms with E-state index in [2.05, 4.69) is 20.3 Å². The first-order valence-corrected chi connectivity index (χ1v) is 5.50. The summed E-state index contributed by atoms with van der Waals surface area (Å²) in [6, 6.07) is 3.63. The molecular formula is C10H9N5S. The Labute approximate surface area is 96.8 Å². The predicted molar refractivity (Wildman–Crippen MR) is 61.6 cm³/mol. The molecule has 0 fully saturated rings. The molecule has 80 valence electrons. The van der Waals surface area contributed by atoms with Crippen LogP contribution >= 0.6 is 11.3 Å². The summed E-state index contributed by atoms with van der Waals surface area (Å²) in [7, 11) is 0. The molecule has 0 aliphatic carbocycles. The molecule has 2 aromatic rings. The van der Waals surface area contributed by atoms with Crippen molar-refractivity contribution in [2.45, 2.75) is 13.8 Å². The Morgan fingerprint density at radius 3 is 2.69 bits per heavy atom. The van der Waals surface area contributed by atoms with Gasteiger partial charge in [0.15, 0.2) is 5.13 Å². The van der Waals surface area contributed by atoms with E-state index >= 15 is 0 Å². The number of nitrogens with one attached hydrogen (secondary N) is 1. The second kappa shape index (κ2) is 4.24. The van der Waals surface area contributed by atoms with Crippen molar-refractivity contribution < 1.29 is 0 Å². The Morgan fingerprint density at radius 2 is 2.06 bits per heavy atom. The molecule has 0 unspecified atom stereocenters. The molecule has 0 radical (unpaired) electrons. The number of hydrogen-bond acceptors (Lipinski definition) is 6. The van der Waals surface area contributed by atoms with E-state index in [1.807, 2.05) is 25.3 Å². The summed E-state index contributed by atoms with van der Waals surface area (Å²) in [5.74, 6) is 0.408. The molecule has 0 amide bonds. The van der Waals surface area contributed by atoms with Crippen LogP contribution in [0.3, 0.4) is 0 Å². The Bertz CT molecular complexity index is 555. The van der Waals surface area contributed by atoms with Crippen molar-refractivity contribution in [1.82, 2.24) is 15.0 Å². The first-order chi connectivity index (χ1) is 7.67. The number of thiazole rings is 1. The van der Waals surface area contributed by atoms with E-state index in [0.717, 1.165) is 16.5 Å². The maximum absolute atomic E-state index is 8.78. The van der Waals surface area contributed by atoms with Crippen LogP contribution in [0.4, 0.5) is 11.1 Å². The van der Waals surface area contributed by atoms with Crippen molar-refractivity contribution in [2.24, 2.45) is 0 Å². The highest BCUT2D eigenvalue weighted by molar-refractivity contribution is 7.13. The fourth-order valence-corrected chi connectivity index (χ4v) is 1.87. The van der Waals surface area contributed by atoms with Gasteiger partial charge in [0.1, 0.15) is 11.8 Å². The first kappa shape index (κ1) is 10.5. The molecule has 5 nitrogen and oxygen atoms in total. The van der Waals surface area contributed by atoms with Crippen LogP contribution in [0.25, 0.3) is 0 Å². The molecule has 1 N–H and O–H groups in total. The zero-order chi connectivity index (χ0) is 11.5. The lowest BCUT2D eigenvalue weighted by Gasteiger charge is -2.01. The standard InChI is InChI=1S/C10H9N5S/c1-6-3-8(4-11)14-9(12-6)15-10-13-7(2)5-16-10/h3,5H,1-2H3,(H,12,13,14,15). The Morgan fingerprint density at radius 1 is 1.25 bits per heavy atom. The monoisotopic (exact) mass is 231 g/mol. The molecule has 0 aliphatic heterocycles. The largest absolute Gasteiger partial charge is 0.300 e. The van der Waals surface area contributed by atoms with Crippen LogP contribution < -0.4 is 5.32 Å². The van der Waals surface area contributed by atoms with Gasteiger partial charge in [-0.2, -0.15) is 5.26 Å². The average Bonchev–Trinajstić information content (AvgIpc) is 2.63. The number of nitriles is 1. The van der Waals surface area contributed by atoms with E-state index in [1.54, 1.807) is 6.07 Å². The van der Waals surface area contributed by atoms with Gasteiger partial charge >= 0.3 is 0 Å². The van der Waals surface area contributed by atoms with Crippen molar-refractivity contribution in [2.75, 3.05) is 5.32 Å². The minimum atomic E-state index is 0.350. The number of anilines is 2. The van der Waals surface area contributed by atoms with Crippen LogP contribution in [0.5, 0.6) is 0 Å². The molecule has 0 spiro atoms. The van der Waals surface area contributed by atoms with E-state index in [-0.39, 0.29) is 0 Å². The van der Waals surface area contributed by atoms with Crippen LogP contribution in [-0.4, -0.2) is 15.0 Å². The van der Waals surface area contributed by atoms with Crippen LogP contribution in [0.1, 0.15) is 17.1 Å². The number of aryl methyl sites for hydroxylation is 2. The maximum Gasteiger partial charge on any atom is 0.230 e. The smallest absolute Gasteiger partial charge is 0.230 e. The zero-order valence-electron chi connectivity index (χ0n) is 8.85. The van der Waals surface area contributed by atoms with Gasteiger partial charge in [0.2, 0.25) is 5.95 Å². The van der Waals surface area contributed by atoms with Gasteiger partial charge in [-0.05, 0) is 19.9 Å². The van der Waals surface area contributed by atoms with E-state index in [1.165, 1.54) is 11.3 Å². The third-order valence-corrected chi connectivity index (χ3v) is 2.68. The second-order valence-electron chi connectivity index (χ2n) is 3.25. The zero-order valence-corrected chi connectivity index (χ0v) is 9.67. The Balaban J connectivity index is 2.28. The quantitative estimate of drug-likeness (QED) is 0.857. The number of nitrogens with zero attached hydrogens (tertiary/aromatic N) is 4. The van der Waals surface area contributed by atoms with Gasteiger partial charge < -0.3 is 0 Å². The lowest BCUT2D eigenvalue weighted by molar-refractivity contribution is 1.08. The van der Waals surface area contributed by atoms with Gasteiger partial charge in [0.25, 0.3) is 0 Å². The molecule has 2 rings (SSSR count). The van der Waals surface area contributed by atoms with Gasteiger partial charge in [-0.15, -0.1) is 11.3 Å². The normalized spacial score (nSPS) is 9.81.